The van der Waals surface area contributed by atoms with Gasteiger partial charge in [-0.05, 0) is 48.9 Å². The second-order valence-electron chi connectivity index (χ2n) is 7.43. The number of benzene rings is 2. The van der Waals surface area contributed by atoms with Crippen molar-refractivity contribution in [3.05, 3.63) is 65.7 Å². The fourth-order valence-corrected chi connectivity index (χ4v) is 3.53. The largest absolute Gasteiger partial charge is 0.445 e. The van der Waals surface area contributed by atoms with Crippen molar-refractivity contribution in [2.75, 3.05) is 24.5 Å². The molecule has 2 aromatic carbocycles. The summed E-state index contributed by atoms with van der Waals surface area (Å²) in [5.74, 6) is 0. The number of hydrogen-bond acceptors (Lipinski definition) is 5. The lowest BCUT2D eigenvalue weighted by Crippen LogP contribution is -2.30. The van der Waals surface area contributed by atoms with Crippen LogP contribution in [0.1, 0.15) is 42.9 Å². The molecule has 1 fully saturated rings. The monoisotopic (exact) mass is 398 g/mol. The number of carbonyl (C=O) groups is 1. The van der Waals surface area contributed by atoms with Crippen LogP contribution >= 0.6 is 0 Å². The number of hydrogen-bond donors (Lipinski definition) is 3. The average Bonchev–Trinajstić information content (AvgIpc) is 2.78. The number of carbonyl (C=O) groups excluding carboxylic acids is 1. The predicted molar refractivity (Wildman–Crippen MR) is 113 cm³/mol. The van der Waals surface area contributed by atoms with E-state index in [-0.39, 0.29) is 19.6 Å². The quantitative estimate of drug-likeness (QED) is 0.635. The molecule has 1 saturated heterocycles. The lowest BCUT2D eigenvalue weighted by molar-refractivity contribution is 0.0136. The second kappa shape index (κ2) is 10.8. The molecule has 1 aliphatic heterocycles. The van der Waals surface area contributed by atoms with Crippen molar-refractivity contribution in [3.8, 4) is 0 Å². The number of piperidine rings is 1. The summed E-state index contributed by atoms with van der Waals surface area (Å²) in [5.41, 5.74) is 2.68. The molecule has 2 atom stereocenters. The van der Waals surface area contributed by atoms with Gasteiger partial charge in [0, 0.05) is 25.3 Å². The number of anilines is 1. The molecule has 0 spiro atoms. The molecule has 0 saturated carbocycles. The van der Waals surface area contributed by atoms with Gasteiger partial charge in [-0.25, -0.2) is 4.79 Å². The molecular weight excluding hydrogens is 368 g/mol. The van der Waals surface area contributed by atoms with Crippen LogP contribution in [0, 0.1) is 0 Å². The van der Waals surface area contributed by atoms with Crippen molar-refractivity contribution in [2.24, 2.45) is 0 Å². The molecule has 0 aromatic heterocycles. The number of ether oxygens (including phenoxy) is 1. The van der Waals surface area contributed by atoms with Crippen molar-refractivity contribution in [1.82, 2.24) is 5.32 Å². The zero-order chi connectivity index (χ0) is 20.5. The van der Waals surface area contributed by atoms with Gasteiger partial charge < -0.3 is 25.2 Å². The summed E-state index contributed by atoms with van der Waals surface area (Å²) in [6.45, 7) is 2.47. The summed E-state index contributed by atoms with van der Waals surface area (Å²) < 4.78 is 5.14. The Morgan fingerprint density at radius 1 is 1.03 bits per heavy atom. The lowest BCUT2D eigenvalue weighted by Gasteiger charge is -2.29. The van der Waals surface area contributed by atoms with Gasteiger partial charge in [-0.1, -0.05) is 42.5 Å². The van der Waals surface area contributed by atoms with Crippen LogP contribution in [0.25, 0.3) is 0 Å². The minimum absolute atomic E-state index is 0.196. The van der Waals surface area contributed by atoms with E-state index >= 15 is 0 Å². The number of nitrogens with one attached hydrogen (secondary N) is 1. The van der Waals surface area contributed by atoms with E-state index in [4.69, 9.17) is 4.74 Å². The molecule has 1 amide bonds. The van der Waals surface area contributed by atoms with Gasteiger partial charge in [0.25, 0.3) is 0 Å². The van der Waals surface area contributed by atoms with E-state index in [1.54, 1.807) is 0 Å². The van der Waals surface area contributed by atoms with Gasteiger partial charge in [-0.2, -0.15) is 0 Å². The molecule has 29 heavy (non-hydrogen) atoms. The van der Waals surface area contributed by atoms with Gasteiger partial charge in [0.1, 0.15) is 12.7 Å². The molecule has 3 N–H and O–H groups in total. The van der Waals surface area contributed by atoms with E-state index in [0.717, 1.165) is 24.3 Å². The number of alkyl carbamates (subject to hydrolysis) is 1. The van der Waals surface area contributed by atoms with Crippen LogP contribution in [-0.4, -0.2) is 42.0 Å². The Morgan fingerprint density at radius 3 is 2.55 bits per heavy atom. The molecule has 1 aliphatic rings. The van der Waals surface area contributed by atoms with E-state index in [0.29, 0.717) is 5.56 Å². The molecule has 2 unspecified atom stereocenters. The summed E-state index contributed by atoms with van der Waals surface area (Å²) in [6, 6.07) is 17.1. The van der Waals surface area contributed by atoms with Gasteiger partial charge in [0.05, 0.1) is 6.10 Å². The van der Waals surface area contributed by atoms with E-state index in [2.05, 4.69) is 10.2 Å². The van der Waals surface area contributed by atoms with Crippen molar-refractivity contribution in [3.63, 3.8) is 0 Å². The van der Waals surface area contributed by atoms with E-state index in [9.17, 15) is 15.0 Å². The zero-order valence-corrected chi connectivity index (χ0v) is 16.7. The van der Waals surface area contributed by atoms with Gasteiger partial charge in [-0.15, -0.1) is 0 Å². The summed E-state index contributed by atoms with van der Waals surface area (Å²) >= 11 is 0. The smallest absolute Gasteiger partial charge is 0.407 e. The first-order valence-corrected chi connectivity index (χ1v) is 10.3. The molecule has 0 aliphatic carbocycles. The first-order chi connectivity index (χ1) is 14.1. The normalized spacial score (nSPS) is 16.1. The topological polar surface area (TPSA) is 82.0 Å². The SMILES string of the molecule is O=C(NCCC(O)C(O)c1cccc(N2CCCCC2)c1)OCc1ccccc1. The molecule has 6 nitrogen and oxygen atoms in total. The Bertz CT molecular complexity index is 762. The molecule has 1 heterocycles. The predicted octanol–water partition coefficient (Wildman–Crippen LogP) is 3.39. The van der Waals surface area contributed by atoms with E-state index < -0.39 is 18.3 Å². The Hall–Kier alpha value is -2.57. The molecule has 0 radical (unpaired) electrons. The highest BCUT2D eigenvalue weighted by atomic mass is 16.5. The van der Waals surface area contributed by atoms with Crippen molar-refractivity contribution < 1.29 is 19.7 Å². The fraction of sp³-hybridized carbons (Fsp3) is 0.435. The highest BCUT2D eigenvalue weighted by Gasteiger charge is 2.20. The number of rotatable bonds is 8. The molecule has 3 rings (SSSR count). The Kier molecular flexibility index (Phi) is 7.90. The highest BCUT2D eigenvalue weighted by Crippen LogP contribution is 2.26. The first kappa shape index (κ1) is 21.1. The average molecular weight is 399 g/mol. The van der Waals surface area contributed by atoms with Crippen LogP contribution in [0.5, 0.6) is 0 Å². The number of nitrogens with zero attached hydrogens (tertiary/aromatic N) is 1. The Labute approximate surface area is 172 Å². The fourth-order valence-electron chi connectivity index (χ4n) is 3.53. The highest BCUT2D eigenvalue weighted by molar-refractivity contribution is 5.67. The number of amides is 1. The van der Waals surface area contributed by atoms with E-state index in [1.165, 1.54) is 19.3 Å². The van der Waals surface area contributed by atoms with Gasteiger partial charge in [-0.3, -0.25) is 0 Å². The van der Waals surface area contributed by atoms with Crippen LogP contribution < -0.4 is 10.2 Å². The minimum atomic E-state index is -0.998. The lowest BCUT2D eigenvalue weighted by atomic mass is 10.0. The van der Waals surface area contributed by atoms with Crippen LogP contribution in [0.2, 0.25) is 0 Å². The van der Waals surface area contributed by atoms with Gasteiger partial charge in [0.15, 0.2) is 0 Å². The van der Waals surface area contributed by atoms with Crippen LogP contribution in [0.3, 0.4) is 0 Å². The van der Waals surface area contributed by atoms with Crippen LogP contribution in [0.4, 0.5) is 10.5 Å². The van der Waals surface area contributed by atoms with E-state index in [1.807, 2.05) is 54.6 Å². The Balaban J connectivity index is 1.43. The summed E-state index contributed by atoms with van der Waals surface area (Å²) in [7, 11) is 0. The molecule has 0 bridgehead atoms. The van der Waals surface area contributed by atoms with Gasteiger partial charge in [0.2, 0.25) is 0 Å². The third-order valence-electron chi connectivity index (χ3n) is 5.22. The van der Waals surface area contributed by atoms with Crippen LogP contribution in [0.15, 0.2) is 54.6 Å². The molecule has 6 heteroatoms. The second-order valence-corrected chi connectivity index (χ2v) is 7.43. The van der Waals surface area contributed by atoms with Crippen molar-refractivity contribution in [2.45, 2.75) is 44.5 Å². The maximum atomic E-state index is 11.8. The maximum absolute atomic E-state index is 11.8. The standard InChI is InChI=1S/C23H30N2O4/c26-21(12-13-24-23(28)29-17-18-8-3-1-4-9-18)22(27)19-10-7-11-20(16-19)25-14-5-2-6-15-25/h1,3-4,7-11,16,21-22,26-27H,2,5-6,12-15,17H2,(H,24,28). The van der Waals surface area contributed by atoms with Crippen molar-refractivity contribution in [1.29, 1.82) is 0 Å². The number of aliphatic hydroxyl groups is 2. The van der Waals surface area contributed by atoms with Crippen molar-refractivity contribution >= 4 is 11.8 Å². The molecule has 156 valence electrons. The third kappa shape index (κ3) is 6.48. The Morgan fingerprint density at radius 2 is 1.79 bits per heavy atom. The summed E-state index contributed by atoms with van der Waals surface area (Å²) in [4.78, 5) is 14.1. The molecular formula is C23H30N2O4. The first-order valence-electron chi connectivity index (χ1n) is 10.3. The number of aliphatic hydroxyl groups excluding tert-OH is 2. The summed E-state index contributed by atoms with van der Waals surface area (Å²) in [5, 5.41) is 23.5. The summed E-state index contributed by atoms with van der Waals surface area (Å²) in [6.07, 6.45) is 1.35. The van der Waals surface area contributed by atoms with Gasteiger partial charge >= 0.3 is 6.09 Å². The third-order valence-corrected chi connectivity index (χ3v) is 5.22. The maximum Gasteiger partial charge on any atom is 0.407 e. The minimum Gasteiger partial charge on any atom is -0.445 e. The molecule has 2 aromatic rings. The van der Waals surface area contributed by atoms with Crippen LogP contribution in [-0.2, 0) is 11.3 Å². The zero-order valence-electron chi connectivity index (χ0n) is 16.7.